The molecular weight excluding hydrogens is 325 g/mol. The summed E-state index contributed by atoms with van der Waals surface area (Å²) in [6.07, 6.45) is -4.52. The van der Waals surface area contributed by atoms with Gasteiger partial charge in [-0.25, -0.2) is 0 Å². The molecule has 0 unspecified atom stereocenters. The second-order valence-corrected chi connectivity index (χ2v) is 6.09. The van der Waals surface area contributed by atoms with E-state index in [0.29, 0.717) is 25.2 Å². The molecule has 0 bridgehead atoms. The maximum absolute atomic E-state index is 12.8. The molecule has 1 fully saturated rings. The summed E-state index contributed by atoms with van der Waals surface area (Å²) in [5, 5.41) is 2.69. The molecule has 8 heteroatoms. The highest BCUT2D eigenvalue weighted by Gasteiger charge is 2.35. The number of nitrogens with zero attached hydrogens (tertiary/aromatic N) is 1. The van der Waals surface area contributed by atoms with Crippen LogP contribution in [0, 0.1) is 0 Å². The molecule has 1 N–H and O–H groups in total. The van der Waals surface area contributed by atoms with Crippen LogP contribution in [-0.2, 0) is 15.0 Å². The third-order valence-corrected chi connectivity index (χ3v) is 3.94. The molecule has 1 saturated heterocycles. The Labute approximate surface area is 137 Å². The highest BCUT2D eigenvalue weighted by molar-refractivity contribution is 5.88. The van der Waals surface area contributed by atoms with Crippen LogP contribution in [0.4, 0.5) is 13.2 Å². The Balaban J connectivity index is 2.13. The average molecular weight is 344 g/mol. The van der Waals surface area contributed by atoms with E-state index in [1.165, 1.54) is 24.3 Å². The molecule has 1 aliphatic heterocycles. The van der Waals surface area contributed by atoms with Crippen LogP contribution in [-0.4, -0.2) is 42.7 Å². The number of halogens is 3. The van der Waals surface area contributed by atoms with Crippen LogP contribution >= 0.6 is 0 Å². The number of nitrogens with one attached hydrogen (secondary N) is 1. The molecular formula is C16H19F3N2O3. The van der Waals surface area contributed by atoms with Crippen molar-refractivity contribution in [3.8, 4) is 5.75 Å². The molecule has 0 atom stereocenters. The number of carbonyl (C=O) groups excluding carboxylic acids is 2. The quantitative estimate of drug-likeness (QED) is 0.915. The van der Waals surface area contributed by atoms with Crippen LogP contribution in [0.15, 0.2) is 24.3 Å². The van der Waals surface area contributed by atoms with Gasteiger partial charge in [0, 0.05) is 26.1 Å². The van der Waals surface area contributed by atoms with E-state index in [1.807, 2.05) is 0 Å². The predicted molar refractivity (Wildman–Crippen MR) is 80.4 cm³/mol. The first-order chi connectivity index (χ1) is 11.1. The van der Waals surface area contributed by atoms with Crippen molar-refractivity contribution in [1.29, 1.82) is 0 Å². The van der Waals surface area contributed by atoms with E-state index < -0.39 is 11.8 Å². The van der Waals surface area contributed by atoms with Crippen molar-refractivity contribution in [2.24, 2.45) is 0 Å². The smallest absolute Gasteiger partial charge is 0.406 e. The molecule has 0 radical (unpaired) electrons. The summed E-state index contributed by atoms with van der Waals surface area (Å²) >= 11 is 0. The van der Waals surface area contributed by atoms with Crippen LogP contribution in [0.5, 0.6) is 5.75 Å². The fourth-order valence-electron chi connectivity index (χ4n) is 2.56. The Morgan fingerprint density at radius 3 is 2.38 bits per heavy atom. The molecule has 5 nitrogen and oxygen atoms in total. The maximum Gasteiger partial charge on any atom is 0.573 e. The first kappa shape index (κ1) is 18.1. The van der Waals surface area contributed by atoms with Crippen LogP contribution in [0.2, 0.25) is 0 Å². The first-order valence-electron chi connectivity index (χ1n) is 7.52. The maximum atomic E-state index is 12.8. The summed E-state index contributed by atoms with van der Waals surface area (Å²) in [5.41, 5.74) is -0.352. The van der Waals surface area contributed by atoms with Gasteiger partial charge in [-0.1, -0.05) is 12.1 Å². The van der Waals surface area contributed by atoms with Gasteiger partial charge in [0.05, 0.1) is 5.41 Å². The lowest BCUT2D eigenvalue weighted by Gasteiger charge is -2.31. The van der Waals surface area contributed by atoms with Gasteiger partial charge in [0.25, 0.3) is 0 Å². The van der Waals surface area contributed by atoms with Gasteiger partial charge in [0.1, 0.15) is 5.75 Å². The zero-order chi connectivity index (χ0) is 18.0. The molecule has 0 saturated carbocycles. The number of hydrogen-bond donors (Lipinski definition) is 1. The zero-order valence-corrected chi connectivity index (χ0v) is 13.4. The second-order valence-electron chi connectivity index (χ2n) is 6.09. The Bertz CT molecular complexity index is 612. The van der Waals surface area contributed by atoms with Crippen molar-refractivity contribution in [3.05, 3.63) is 29.8 Å². The largest absolute Gasteiger partial charge is 0.573 e. The number of hydrogen-bond acceptors (Lipinski definition) is 3. The normalized spacial score (nSPS) is 16.4. The number of rotatable bonds is 3. The van der Waals surface area contributed by atoms with E-state index in [1.54, 1.807) is 18.7 Å². The van der Waals surface area contributed by atoms with Crippen LogP contribution in [0.1, 0.15) is 25.8 Å². The van der Waals surface area contributed by atoms with E-state index in [0.717, 1.165) is 0 Å². The summed E-state index contributed by atoms with van der Waals surface area (Å²) < 4.78 is 40.4. The number of ether oxygens (including phenoxy) is 1. The third kappa shape index (κ3) is 4.39. The molecule has 0 aromatic heterocycles. The molecule has 24 heavy (non-hydrogen) atoms. The van der Waals surface area contributed by atoms with Gasteiger partial charge in [-0.05, 0) is 31.5 Å². The van der Waals surface area contributed by atoms with Gasteiger partial charge in [-0.15, -0.1) is 13.2 Å². The number of benzene rings is 1. The Hall–Kier alpha value is -2.25. The van der Waals surface area contributed by atoms with Gasteiger partial charge in [0.2, 0.25) is 11.8 Å². The summed E-state index contributed by atoms with van der Waals surface area (Å²) in [5.74, 6) is -0.612. The fourth-order valence-corrected chi connectivity index (χ4v) is 2.56. The minimum Gasteiger partial charge on any atom is -0.406 e. The summed E-state index contributed by atoms with van der Waals surface area (Å²) in [6, 6.07) is 5.26. The molecule has 1 aromatic carbocycles. The monoisotopic (exact) mass is 344 g/mol. The predicted octanol–water partition coefficient (Wildman–Crippen LogP) is 2.21. The van der Waals surface area contributed by atoms with Crippen molar-refractivity contribution < 1.29 is 27.5 Å². The van der Waals surface area contributed by atoms with Gasteiger partial charge >= 0.3 is 6.36 Å². The Morgan fingerprint density at radius 1 is 1.17 bits per heavy atom. The van der Waals surface area contributed by atoms with E-state index in [9.17, 15) is 22.8 Å². The number of alkyl halides is 3. The topological polar surface area (TPSA) is 58.6 Å². The standard InChI is InChI=1S/C16H19F3N2O3/c1-15(2,14(23)21-9-7-13(22)20-8-10-21)11-3-5-12(6-4-11)24-16(17,18)19/h3-6H,7-10H2,1-2H3,(H,20,22). The van der Waals surface area contributed by atoms with Crippen molar-refractivity contribution in [2.45, 2.75) is 32.0 Å². The molecule has 0 spiro atoms. The fraction of sp³-hybridized carbons (Fsp3) is 0.500. The van der Waals surface area contributed by atoms with Gasteiger partial charge in [-0.3, -0.25) is 9.59 Å². The van der Waals surface area contributed by atoms with E-state index in [-0.39, 0.29) is 24.0 Å². The van der Waals surface area contributed by atoms with Crippen molar-refractivity contribution >= 4 is 11.8 Å². The Morgan fingerprint density at radius 2 is 1.79 bits per heavy atom. The van der Waals surface area contributed by atoms with Crippen LogP contribution in [0.25, 0.3) is 0 Å². The molecule has 2 rings (SSSR count). The van der Waals surface area contributed by atoms with E-state index >= 15 is 0 Å². The molecule has 0 aliphatic carbocycles. The van der Waals surface area contributed by atoms with E-state index in [2.05, 4.69) is 10.1 Å². The lowest BCUT2D eigenvalue weighted by atomic mass is 9.83. The summed E-state index contributed by atoms with van der Waals surface area (Å²) in [6.45, 7) is 4.52. The zero-order valence-electron chi connectivity index (χ0n) is 13.4. The highest BCUT2D eigenvalue weighted by Crippen LogP contribution is 2.29. The van der Waals surface area contributed by atoms with Crippen molar-refractivity contribution in [3.63, 3.8) is 0 Å². The van der Waals surface area contributed by atoms with Crippen LogP contribution in [0.3, 0.4) is 0 Å². The lowest BCUT2D eigenvalue weighted by Crippen LogP contribution is -2.44. The van der Waals surface area contributed by atoms with Gasteiger partial charge in [0.15, 0.2) is 0 Å². The van der Waals surface area contributed by atoms with Crippen molar-refractivity contribution in [2.75, 3.05) is 19.6 Å². The van der Waals surface area contributed by atoms with E-state index in [4.69, 9.17) is 0 Å². The Kier molecular flexibility index (Phi) is 5.05. The molecule has 1 aromatic rings. The molecule has 2 amide bonds. The van der Waals surface area contributed by atoms with Gasteiger partial charge in [-0.2, -0.15) is 0 Å². The number of amides is 2. The minimum absolute atomic E-state index is 0.100. The van der Waals surface area contributed by atoms with Crippen LogP contribution < -0.4 is 10.1 Å². The van der Waals surface area contributed by atoms with Gasteiger partial charge < -0.3 is 15.0 Å². The number of carbonyl (C=O) groups is 2. The first-order valence-corrected chi connectivity index (χ1v) is 7.52. The molecule has 1 aliphatic rings. The SMILES string of the molecule is CC(C)(C(=O)N1CCNC(=O)CC1)c1ccc(OC(F)(F)F)cc1. The summed E-state index contributed by atoms with van der Waals surface area (Å²) in [4.78, 5) is 25.7. The molecule has 132 valence electrons. The summed E-state index contributed by atoms with van der Waals surface area (Å²) in [7, 11) is 0. The third-order valence-electron chi connectivity index (χ3n) is 3.94. The van der Waals surface area contributed by atoms with Crippen molar-refractivity contribution in [1.82, 2.24) is 10.2 Å². The molecule has 1 heterocycles. The average Bonchev–Trinajstić information content (AvgIpc) is 2.70. The lowest BCUT2D eigenvalue weighted by molar-refractivity contribution is -0.274. The highest BCUT2D eigenvalue weighted by atomic mass is 19.4. The second kappa shape index (κ2) is 6.70. The minimum atomic E-state index is -4.75.